The van der Waals surface area contributed by atoms with Crippen molar-refractivity contribution in [2.24, 2.45) is 0 Å². The van der Waals surface area contributed by atoms with Crippen molar-refractivity contribution in [2.75, 3.05) is 119 Å². The van der Waals surface area contributed by atoms with Gasteiger partial charge in [-0.3, -0.25) is 8.98 Å². The Balaban J connectivity index is 1.70. The van der Waals surface area contributed by atoms with E-state index >= 15 is 0 Å². The molecule has 14 heteroatoms. The van der Waals surface area contributed by atoms with E-state index in [0.29, 0.717) is 106 Å². The van der Waals surface area contributed by atoms with E-state index in [1.54, 1.807) is 12.1 Å². The van der Waals surface area contributed by atoms with Crippen LogP contribution in [0.3, 0.4) is 0 Å². The Kier molecular flexibility index (Phi) is 28.1. The maximum Gasteiger partial charge on any atom is 0.305 e. The molecule has 0 amide bonds. The van der Waals surface area contributed by atoms with Crippen LogP contribution in [0.4, 0.5) is 0 Å². The summed E-state index contributed by atoms with van der Waals surface area (Å²) in [7, 11) is -3.77. The molecular formula is C32H56O13S. The van der Waals surface area contributed by atoms with Gasteiger partial charge in [0, 0.05) is 6.42 Å². The van der Waals surface area contributed by atoms with Gasteiger partial charge in [0.2, 0.25) is 0 Å². The van der Waals surface area contributed by atoms with Crippen LogP contribution in [0.5, 0.6) is 0 Å². The zero-order chi connectivity index (χ0) is 33.4. The highest BCUT2D eigenvalue weighted by molar-refractivity contribution is 7.86. The number of unbranched alkanes of at least 4 members (excludes halogenated alkanes) is 3. The SMILES string of the molecule is CCCCCCC(=O)OCCOCCOCCOCCOCCOCCOCCOCCOCCOS(=O)(=O)c1ccc(C)cc1. The normalized spacial score (nSPS) is 11.7. The molecule has 0 spiro atoms. The summed E-state index contributed by atoms with van der Waals surface area (Å²) in [5, 5.41) is 0. The molecule has 46 heavy (non-hydrogen) atoms. The van der Waals surface area contributed by atoms with Crippen molar-refractivity contribution in [1.82, 2.24) is 0 Å². The Morgan fingerprint density at radius 1 is 0.522 bits per heavy atom. The zero-order valence-corrected chi connectivity index (χ0v) is 28.6. The number of hydrogen-bond acceptors (Lipinski definition) is 13. The van der Waals surface area contributed by atoms with E-state index in [9.17, 15) is 13.2 Å². The van der Waals surface area contributed by atoms with Crippen molar-refractivity contribution in [3.05, 3.63) is 29.8 Å². The number of rotatable bonds is 34. The second kappa shape index (κ2) is 30.6. The van der Waals surface area contributed by atoms with Crippen LogP contribution >= 0.6 is 0 Å². The molecule has 0 unspecified atom stereocenters. The third kappa shape index (κ3) is 26.4. The first kappa shape index (κ1) is 42.3. The molecule has 0 fully saturated rings. The van der Waals surface area contributed by atoms with Crippen LogP contribution in [0.25, 0.3) is 0 Å². The van der Waals surface area contributed by atoms with Gasteiger partial charge in [0.25, 0.3) is 10.1 Å². The Bertz CT molecular complexity index is 928. The molecule has 0 bridgehead atoms. The van der Waals surface area contributed by atoms with E-state index in [4.69, 9.17) is 46.8 Å². The number of esters is 1. The molecule has 13 nitrogen and oxygen atoms in total. The first-order valence-electron chi connectivity index (χ1n) is 16.2. The van der Waals surface area contributed by atoms with Crippen LogP contribution in [0.2, 0.25) is 0 Å². The van der Waals surface area contributed by atoms with Crippen molar-refractivity contribution < 1.29 is 60.0 Å². The second-order valence-corrected chi connectivity index (χ2v) is 11.6. The lowest BCUT2D eigenvalue weighted by Crippen LogP contribution is -2.16. The maximum atomic E-state index is 12.1. The lowest BCUT2D eigenvalue weighted by atomic mass is 10.2. The van der Waals surface area contributed by atoms with Crippen molar-refractivity contribution in [1.29, 1.82) is 0 Å². The van der Waals surface area contributed by atoms with E-state index in [1.807, 2.05) is 6.92 Å². The molecule has 0 N–H and O–H groups in total. The fourth-order valence-electron chi connectivity index (χ4n) is 3.60. The predicted molar refractivity (Wildman–Crippen MR) is 171 cm³/mol. The largest absolute Gasteiger partial charge is 0.463 e. The first-order chi connectivity index (χ1) is 22.5. The zero-order valence-electron chi connectivity index (χ0n) is 27.8. The summed E-state index contributed by atoms with van der Waals surface area (Å²) in [6.07, 6.45) is 4.72. The minimum absolute atomic E-state index is 0.0614. The Morgan fingerprint density at radius 3 is 1.28 bits per heavy atom. The Labute approximate surface area is 275 Å². The molecule has 0 atom stereocenters. The Morgan fingerprint density at radius 2 is 0.891 bits per heavy atom. The molecule has 0 saturated carbocycles. The maximum absolute atomic E-state index is 12.1. The smallest absolute Gasteiger partial charge is 0.305 e. The second-order valence-electron chi connectivity index (χ2n) is 10.0. The molecule has 268 valence electrons. The standard InChI is InChI=1S/C32H56O13S/c1-3-4-5-6-7-32(33)44-28-26-42-24-22-40-20-18-38-16-14-36-12-13-37-15-17-39-19-21-41-23-25-43-27-29-45-46(34,35)31-10-8-30(2)9-11-31/h8-11H,3-7,12-29H2,1-2H3. The quantitative estimate of drug-likeness (QED) is 0.0597. The number of benzene rings is 1. The highest BCUT2D eigenvalue weighted by Gasteiger charge is 2.14. The topological polar surface area (TPSA) is 144 Å². The molecule has 1 aromatic rings. The molecule has 0 heterocycles. The summed E-state index contributed by atoms with van der Waals surface area (Å²) in [4.78, 5) is 11.7. The molecule has 0 aliphatic carbocycles. The molecular weight excluding hydrogens is 624 g/mol. The highest BCUT2D eigenvalue weighted by atomic mass is 32.2. The number of carbonyl (C=O) groups is 1. The van der Waals surface area contributed by atoms with Crippen molar-refractivity contribution >= 4 is 16.1 Å². The summed E-state index contributed by atoms with van der Waals surface area (Å²) in [5.41, 5.74) is 0.974. The van der Waals surface area contributed by atoms with Crippen molar-refractivity contribution in [3.63, 3.8) is 0 Å². The van der Waals surface area contributed by atoms with Gasteiger partial charge in [0.05, 0.1) is 117 Å². The number of hydrogen-bond donors (Lipinski definition) is 0. The monoisotopic (exact) mass is 680 g/mol. The van der Waals surface area contributed by atoms with E-state index in [1.165, 1.54) is 12.1 Å². The third-order valence-electron chi connectivity index (χ3n) is 6.11. The third-order valence-corrected chi connectivity index (χ3v) is 7.43. The van der Waals surface area contributed by atoms with Gasteiger partial charge in [0.1, 0.15) is 6.61 Å². The van der Waals surface area contributed by atoms with E-state index in [0.717, 1.165) is 31.2 Å². The van der Waals surface area contributed by atoms with Crippen molar-refractivity contribution in [3.8, 4) is 0 Å². The van der Waals surface area contributed by atoms with Crippen LogP contribution in [-0.2, 0) is 61.7 Å². The van der Waals surface area contributed by atoms with Gasteiger partial charge < -0.3 is 42.6 Å². The average Bonchev–Trinajstić information content (AvgIpc) is 3.04. The summed E-state index contributed by atoms with van der Waals surface area (Å²) >= 11 is 0. The number of ether oxygens (including phenoxy) is 9. The molecule has 0 radical (unpaired) electrons. The Hall–Kier alpha value is -1.72. The van der Waals surface area contributed by atoms with Gasteiger partial charge in [-0.25, -0.2) is 0 Å². The van der Waals surface area contributed by atoms with E-state index < -0.39 is 10.1 Å². The summed E-state index contributed by atoms with van der Waals surface area (Å²) in [6, 6.07) is 6.47. The molecule has 0 aliphatic heterocycles. The van der Waals surface area contributed by atoms with Gasteiger partial charge in [0.15, 0.2) is 0 Å². The summed E-state index contributed by atoms with van der Waals surface area (Å²) < 4.78 is 77.6. The fourth-order valence-corrected chi connectivity index (χ4v) is 4.49. The minimum Gasteiger partial charge on any atom is -0.463 e. The average molecular weight is 681 g/mol. The van der Waals surface area contributed by atoms with Gasteiger partial charge in [-0.15, -0.1) is 0 Å². The predicted octanol–water partition coefficient (Wildman–Crippen LogP) is 3.35. The van der Waals surface area contributed by atoms with Crippen LogP contribution in [-0.4, -0.2) is 133 Å². The minimum atomic E-state index is -3.77. The number of aryl methyl sites for hydroxylation is 1. The molecule has 0 aliphatic rings. The molecule has 0 saturated heterocycles. The summed E-state index contributed by atoms with van der Waals surface area (Å²) in [6.45, 7) is 10.9. The first-order valence-corrected chi connectivity index (χ1v) is 17.6. The van der Waals surface area contributed by atoms with E-state index in [2.05, 4.69) is 6.92 Å². The molecule has 1 rings (SSSR count). The number of carbonyl (C=O) groups excluding carboxylic acids is 1. The van der Waals surface area contributed by atoms with Gasteiger partial charge in [-0.1, -0.05) is 43.9 Å². The lowest BCUT2D eigenvalue weighted by molar-refractivity contribution is -0.145. The van der Waals surface area contributed by atoms with Crippen molar-refractivity contribution in [2.45, 2.75) is 50.8 Å². The van der Waals surface area contributed by atoms with Gasteiger partial charge in [-0.05, 0) is 25.5 Å². The van der Waals surface area contributed by atoms with Gasteiger partial charge >= 0.3 is 5.97 Å². The summed E-state index contributed by atoms with van der Waals surface area (Å²) in [5.74, 6) is -0.161. The van der Waals surface area contributed by atoms with Crippen LogP contribution < -0.4 is 0 Å². The molecule has 0 aromatic heterocycles. The van der Waals surface area contributed by atoms with E-state index in [-0.39, 0.29) is 30.7 Å². The lowest BCUT2D eigenvalue weighted by Gasteiger charge is -2.09. The molecule has 1 aromatic carbocycles. The van der Waals surface area contributed by atoms with Crippen LogP contribution in [0.15, 0.2) is 29.2 Å². The van der Waals surface area contributed by atoms with Gasteiger partial charge in [-0.2, -0.15) is 8.42 Å². The fraction of sp³-hybridized carbons (Fsp3) is 0.781. The van der Waals surface area contributed by atoms with Crippen LogP contribution in [0, 0.1) is 6.92 Å². The van der Waals surface area contributed by atoms with Crippen LogP contribution in [0.1, 0.15) is 44.6 Å². The highest BCUT2D eigenvalue weighted by Crippen LogP contribution is 2.13.